The number of aryl methyl sites for hydroxylation is 1. The van der Waals surface area contributed by atoms with E-state index in [0.717, 1.165) is 16.7 Å². The summed E-state index contributed by atoms with van der Waals surface area (Å²) < 4.78 is 10.5. The molecule has 0 fully saturated rings. The first-order chi connectivity index (χ1) is 14.1. The van der Waals surface area contributed by atoms with Gasteiger partial charge in [-0.05, 0) is 35.7 Å². The molecule has 2 aromatic carbocycles. The van der Waals surface area contributed by atoms with Gasteiger partial charge < -0.3 is 20.1 Å². The molecular formula is C22H24N4O3. The number of hydrogen-bond donors (Lipinski definition) is 2. The van der Waals surface area contributed by atoms with E-state index in [-0.39, 0.29) is 11.6 Å². The molecule has 2 N–H and O–H groups in total. The van der Waals surface area contributed by atoms with E-state index in [1.54, 1.807) is 20.4 Å². The zero-order chi connectivity index (χ0) is 20.6. The van der Waals surface area contributed by atoms with Gasteiger partial charge in [0.15, 0.2) is 11.5 Å². The summed E-state index contributed by atoms with van der Waals surface area (Å²) in [6.07, 6.45) is 3.01. The standard InChI is InChI=1S/C22H24N4O3/c1-15-6-4-5-7-17(15)12-26-22(27)18-13-25-21(14-23-18)24-11-16-8-9-19(28-2)20(10-16)29-3/h4-10,13-14H,11-12H2,1-3H3,(H,24,25)(H,26,27). The maximum absolute atomic E-state index is 12.3. The van der Waals surface area contributed by atoms with Crippen LogP contribution >= 0.6 is 0 Å². The number of nitrogens with zero attached hydrogens (tertiary/aromatic N) is 2. The smallest absolute Gasteiger partial charge is 0.271 e. The third-order valence-corrected chi connectivity index (χ3v) is 4.51. The number of anilines is 1. The number of aromatic nitrogens is 2. The summed E-state index contributed by atoms with van der Waals surface area (Å²) in [5.74, 6) is 1.66. The van der Waals surface area contributed by atoms with Crippen molar-refractivity contribution in [1.82, 2.24) is 15.3 Å². The molecule has 0 atom stereocenters. The summed E-state index contributed by atoms with van der Waals surface area (Å²) in [6, 6.07) is 13.6. The molecule has 0 radical (unpaired) electrons. The van der Waals surface area contributed by atoms with Crippen LogP contribution in [-0.2, 0) is 13.1 Å². The average molecular weight is 392 g/mol. The van der Waals surface area contributed by atoms with Crippen molar-refractivity contribution in [2.24, 2.45) is 0 Å². The molecule has 0 saturated carbocycles. The Morgan fingerprint density at radius 3 is 2.45 bits per heavy atom. The molecule has 7 heteroatoms. The van der Waals surface area contributed by atoms with Crippen LogP contribution in [0.1, 0.15) is 27.2 Å². The van der Waals surface area contributed by atoms with E-state index < -0.39 is 0 Å². The van der Waals surface area contributed by atoms with E-state index in [9.17, 15) is 4.79 Å². The van der Waals surface area contributed by atoms with Crippen molar-refractivity contribution in [3.05, 3.63) is 77.2 Å². The normalized spacial score (nSPS) is 10.3. The topological polar surface area (TPSA) is 85.4 Å². The van der Waals surface area contributed by atoms with Crippen molar-refractivity contribution in [3.63, 3.8) is 0 Å². The molecule has 3 rings (SSSR count). The van der Waals surface area contributed by atoms with Gasteiger partial charge >= 0.3 is 0 Å². The molecule has 7 nitrogen and oxygen atoms in total. The lowest BCUT2D eigenvalue weighted by Gasteiger charge is -2.11. The Kier molecular flexibility index (Phi) is 6.63. The zero-order valence-electron chi connectivity index (χ0n) is 16.7. The van der Waals surface area contributed by atoms with Crippen LogP contribution in [0.5, 0.6) is 11.5 Å². The number of ether oxygens (including phenoxy) is 2. The van der Waals surface area contributed by atoms with Crippen LogP contribution in [0, 0.1) is 6.92 Å². The number of benzene rings is 2. The van der Waals surface area contributed by atoms with E-state index in [0.29, 0.717) is 30.4 Å². The van der Waals surface area contributed by atoms with Crippen molar-refractivity contribution >= 4 is 11.7 Å². The molecule has 0 aliphatic carbocycles. The molecule has 29 heavy (non-hydrogen) atoms. The minimum Gasteiger partial charge on any atom is -0.493 e. The first-order valence-corrected chi connectivity index (χ1v) is 9.20. The van der Waals surface area contributed by atoms with Crippen molar-refractivity contribution in [3.8, 4) is 11.5 Å². The van der Waals surface area contributed by atoms with Gasteiger partial charge in [-0.3, -0.25) is 4.79 Å². The second-order valence-electron chi connectivity index (χ2n) is 6.44. The summed E-state index contributed by atoms with van der Waals surface area (Å²) in [5.41, 5.74) is 3.48. The molecule has 0 spiro atoms. The third-order valence-electron chi connectivity index (χ3n) is 4.51. The molecule has 1 aromatic heterocycles. The monoisotopic (exact) mass is 392 g/mol. The lowest BCUT2D eigenvalue weighted by atomic mass is 10.1. The summed E-state index contributed by atoms with van der Waals surface area (Å²) in [5, 5.41) is 6.05. The summed E-state index contributed by atoms with van der Waals surface area (Å²) >= 11 is 0. The van der Waals surface area contributed by atoms with Crippen LogP contribution in [0.15, 0.2) is 54.9 Å². The first kappa shape index (κ1) is 20.1. The van der Waals surface area contributed by atoms with Crippen LogP contribution in [0.4, 0.5) is 5.82 Å². The van der Waals surface area contributed by atoms with Gasteiger partial charge in [-0.1, -0.05) is 30.3 Å². The number of carbonyl (C=O) groups is 1. The fraction of sp³-hybridized carbons (Fsp3) is 0.227. The molecule has 0 aliphatic heterocycles. The molecule has 1 heterocycles. The molecule has 0 aliphatic rings. The Bertz CT molecular complexity index is 974. The first-order valence-electron chi connectivity index (χ1n) is 9.20. The Hall–Kier alpha value is -3.61. The van der Waals surface area contributed by atoms with Gasteiger partial charge in [0, 0.05) is 13.1 Å². The number of rotatable bonds is 8. The van der Waals surface area contributed by atoms with Gasteiger partial charge in [0.25, 0.3) is 5.91 Å². The molecule has 150 valence electrons. The van der Waals surface area contributed by atoms with Crippen LogP contribution in [0.3, 0.4) is 0 Å². The molecule has 0 saturated heterocycles. The van der Waals surface area contributed by atoms with Crippen molar-refractivity contribution in [1.29, 1.82) is 0 Å². The van der Waals surface area contributed by atoms with E-state index in [1.807, 2.05) is 49.4 Å². The molecular weight excluding hydrogens is 368 g/mol. The van der Waals surface area contributed by atoms with E-state index in [1.165, 1.54) is 6.20 Å². The van der Waals surface area contributed by atoms with Crippen LogP contribution < -0.4 is 20.1 Å². The van der Waals surface area contributed by atoms with E-state index in [4.69, 9.17) is 9.47 Å². The lowest BCUT2D eigenvalue weighted by Crippen LogP contribution is -2.24. The minimum atomic E-state index is -0.257. The maximum atomic E-state index is 12.3. The van der Waals surface area contributed by atoms with Crippen LogP contribution in [0.25, 0.3) is 0 Å². The Balaban J connectivity index is 1.56. The van der Waals surface area contributed by atoms with Crippen molar-refractivity contribution in [2.75, 3.05) is 19.5 Å². The van der Waals surface area contributed by atoms with Gasteiger partial charge in [0.05, 0.1) is 26.6 Å². The second-order valence-corrected chi connectivity index (χ2v) is 6.44. The fourth-order valence-corrected chi connectivity index (χ4v) is 2.79. The molecule has 1 amide bonds. The SMILES string of the molecule is COc1ccc(CNc2cnc(C(=O)NCc3ccccc3C)cn2)cc1OC. The number of methoxy groups -OCH3 is 2. The predicted molar refractivity (Wildman–Crippen MR) is 111 cm³/mol. The van der Waals surface area contributed by atoms with Gasteiger partial charge in [-0.25, -0.2) is 9.97 Å². The van der Waals surface area contributed by atoms with Crippen LogP contribution in [-0.4, -0.2) is 30.1 Å². The highest BCUT2D eigenvalue weighted by molar-refractivity contribution is 5.91. The molecule has 3 aromatic rings. The quantitative estimate of drug-likeness (QED) is 0.612. The Morgan fingerprint density at radius 1 is 0.966 bits per heavy atom. The molecule has 0 bridgehead atoms. The molecule has 0 unspecified atom stereocenters. The average Bonchev–Trinajstić information content (AvgIpc) is 2.77. The summed E-state index contributed by atoms with van der Waals surface area (Å²) in [6.45, 7) is 3.00. The van der Waals surface area contributed by atoms with Crippen molar-refractivity contribution in [2.45, 2.75) is 20.0 Å². The maximum Gasteiger partial charge on any atom is 0.271 e. The highest BCUT2D eigenvalue weighted by Crippen LogP contribution is 2.27. The summed E-state index contributed by atoms with van der Waals surface area (Å²) in [4.78, 5) is 20.8. The largest absolute Gasteiger partial charge is 0.493 e. The van der Waals surface area contributed by atoms with Gasteiger partial charge in [-0.2, -0.15) is 0 Å². The third kappa shape index (κ3) is 5.22. The number of carbonyl (C=O) groups excluding carboxylic acids is 1. The van der Waals surface area contributed by atoms with Crippen LogP contribution in [0.2, 0.25) is 0 Å². The number of nitrogens with one attached hydrogen (secondary N) is 2. The van der Waals surface area contributed by atoms with Gasteiger partial charge in [0.2, 0.25) is 0 Å². The number of hydrogen-bond acceptors (Lipinski definition) is 6. The number of amides is 1. The Morgan fingerprint density at radius 2 is 1.76 bits per heavy atom. The Labute approximate surface area is 170 Å². The van der Waals surface area contributed by atoms with Gasteiger partial charge in [-0.15, -0.1) is 0 Å². The fourth-order valence-electron chi connectivity index (χ4n) is 2.79. The summed E-state index contributed by atoms with van der Waals surface area (Å²) in [7, 11) is 3.20. The minimum absolute atomic E-state index is 0.257. The predicted octanol–water partition coefficient (Wildman–Crippen LogP) is 3.34. The lowest BCUT2D eigenvalue weighted by molar-refractivity contribution is 0.0945. The van der Waals surface area contributed by atoms with Gasteiger partial charge in [0.1, 0.15) is 11.5 Å². The highest BCUT2D eigenvalue weighted by atomic mass is 16.5. The zero-order valence-corrected chi connectivity index (χ0v) is 16.7. The van der Waals surface area contributed by atoms with Crippen molar-refractivity contribution < 1.29 is 14.3 Å². The van der Waals surface area contributed by atoms with E-state index in [2.05, 4.69) is 20.6 Å². The second kappa shape index (κ2) is 9.54. The van der Waals surface area contributed by atoms with E-state index >= 15 is 0 Å². The highest BCUT2D eigenvalue weighted by Gasteiger charge is 2.09.